The molecule has 1 heterocycles. The fraction of sp³-hybridized carbons (Fsp3) is 0.263. The van der Waals surface area contributed by atoms with Gasteiger partial charge in [-0.25, -0.2) is 8.42 Å². The molecule has 0 radical (unpaired) electrons. The van der Waals surface area contributed by atoms with Crippen molar-refractivity contribution in [2.45, 2.75) is 24.3 Å². The van der Waals surface area contributed by atoms with Gasteiger partial charge in [-0.2, -0.15) is 0 Å². The summed E-state index contributed by atoms with van der Waals surface area (Å²) >= 11 is 0. The predicted molar refractivity (Wildman–Crippen MR) is 102 cm³/mol. The third-order valence-electron chi connectivity index (χ3n) is 4.19. The van der Waals surface area contributed by atoms with E-state index in [4.69, 9.17) is 10.3 Å². The number of aryl methyl sites for hydroxylation is 1. The molecule has 2 aromatic carbocycles. The molecule has 27 heavy (non-hydrogen) atoms. The van der Waals surface area contributed by atoms with E-state index in [1.807, 2.05) is 37.3 Å². The van der Waals surface area contributed by atoms with Gasteiger partial charge in [0, 0.05) is 11.3 Å². The Morgan fingerprint density at radius 3 is 2.56 bits per heavy atom. The lowest BCUT2D eigenvalue weighted by Crippen LogP contribution is -2.40. The van der Waals surface area contributed by atoms with E-state index in [0.717, 1.165) is 11.1 Å². The van der Waals surface area contributed by atoms with Crippen LogP contribution in [0.4, 0.5) is 0 Å². The van der Waals surface area contributed by atoms with Crippen LogP contribution in [0.1, 0.15) is 11.1 Å². The summed E-state index contributed by atoms with van der Waals surface area (Å²) in [6, 6.07) is 16.3. The van der Waals surface area contributed by atoms with Crippen molar-refractivity contribution in [1.82, 2.24) is 4.31 Å². The predicted octanol–water partition coefficient (Wildman–Crippen LogP) is 3.78. The zero-order chi connectivity index (χ0) is 19.3. The minimum atomic E-state index is -3.72. The Balaban J connectivity index is 1.91. The number of hydrogen-bond donors (Lipinski definition) is 0. The summed E-state index contributed by atoms with van der Waals surface area (Å²) in [4.78, 5) is 2.97. The molecule has 2 aromatic rings. The first-order valence-electron chi connectivity index (χ1n) is 8.49. The summed E-state index contributed by atoms with van der Waals surface area (Å²) in [5, 5.41) is 3.54. The highest BCUT2D eigenvalue weighted by Crippen LogP contribution is 2.24. The van der Waals surface area contributed by atoms with E-state index in [1.54, 1.807) is 24.3 Å². The summed E-state index contributed by atoms with van der Waals surface area (Å²) in [7, 11) is -3.72. The number of allylic oxidation sites excluding steroid dienone is 1. The topological polar surface area (TPSA) is 95.4 Å². The monoisotopic (exact) mass is 384 g/mol. The Labute approximate surface area is 158 Å². The molecule has 8 heteroatoms. The standard InChI is InChI=1S/C19H20N4O3S/c1-15-7-9-19(10-8-15)27(24,25)23-13-17(11-16-5-3-2-4-6-16)26-18(14-23)12-21-22-20/h2-10,13,18H,11-12,14H2,1H3. The van der Waals surface area contributed by atoms with Gasteiger partial charge in [-0.3, -0.25) is 4.31 Å². The van der Waals surface area contributed by atoms with Crippen LogP contribution in [0.3, 0.4) is 0 Å². The lowest BCUT2D eigenvalue weighted by molar-refractivity contribution is 0.0839. The van der Waals surface area contributed by atoms with E-state index in [0.29, 0.717) is 12.2 Å². The Morgan fingerprint density at radius 1 is 1.19 bits per heavy atom. The van der Waals surface area contributed by atoms with Gasteiger partial charge in [0.25, 0.3) is 10.0 Å². The first-order valence-corrected chi connectivity index (χ1v) is 9.93. The van der Waals surface area contributed by atoms with Crippen LogP contribution in [0, 0.1) is 6.92 Å². The summed E-state index contributed by atoms with van der Waals surface area (Å²) in [6.45, 7) is 2.05. The first-order chi connectivity index (χ1) is 13.0. The Kier molecular flexibility index (Phi) is 5.69. The van der Waals surface area contributed by atoms with Crippen LogP contribution < -0.4 is 0 Å². The summed E-state index contributed by atoms with van der Waals surface area (Å²) in [5.74, 6) is 0.515. The SMILES string of the molecule is Cc1ccc(S(=O)(=O)N2C=C(Cc3ccccc3)OC(CN=[N+]=[N-])C2)cc1. The molecule has 0 saturated heterocycles. The average molecular weight is 384 g/mol. The van der Waals surface area contributed by atoms with Gasteiger partial charge in [-0.15, -0.1) is 0 Å². The second-order valence-electron chi connectivity index (χ2n) is 6.30. The molecule has 0 bridgehead atoms. The van der Waals surface area contributed by atoms with Gasteiger partial charge in [0.15, 0.2) is 0 Å². The fourth-order valence-electron chi connectivity index (χ4n) is 2.82. The second kappa shape index (κ2) is 8.16. The van der Waals surface area contributed by atoms with E-state index in [9.17, 15) is 8.42 Å². The molecular formula is C19H20N4O3S. The van der Waals surface area contributed by atoms with Crippen molar-refractivity contribution in [3.63, 3.8) is 0 Å². The third-order valence-corrected chi connectivity index (χ3v) is 5.93. The lowest BCUT2D eigenvalue weighted by atomic mass is 10.1. The maximum absolute atomic E-state index is 13.0. The van der Waals surface area contributed by atoms with Crippen molar-refractivity contribution in [3.05, 3.63) is 88.1 Å². The normalized spacial score (nSPS) is 16.9. The third kappa shape index (κ3) is 4.61. The lowest BCUT2D eigenvalue weighted by Gasteiger charge is -2.32. The van der Waals surface area contributed by atoms with Crippen molar-refractivity contribution in [3.8, 4) is 0 Å². The van der Waals surface area contributed by atoms with Crippen LogP contribution in [0.2, 0.25) is 0 Å². The van der Waals surface area contributed by atoms with Crippen molar-refractivity contribution >= 4 is 10.0 Å². The maximum atomic E-state index is 13.0. The van der Waals surface area contributed by atoms with Crippen molar-refractivity contribution < 1.29 is 13.2 Å². The zero-order valence-corrected chi connectivity index (χ0v) is 15.7. The van der Waals surface area contributed by atoms with Gasteiger partial charge in [0.05, 0.1) is 24.2 Å². The van der Waals surface area contributed by atoms with E-state index in [-0.39, 0.29) is 18.0 Å². The van der Waals surface area contributed by atoms with Crippen LogP contribution in [0.5, 0.6) is 0 Å². The Morgan fingerprint density at radius 2 is 1.89 bits per heavy atom. The molecular weight excluding hydrogens is 364 g/mol. The molecule has 0 spiro atoms. The molecule has 140 valence electrons. The molecule has 1 aliphatic heterocycles. The molecule has 0 aromatic heterocycles. The van der Waals surface area contributed by atoms with Crippen molar-refractivity contribution in [2.75, 3.05) is 13.1 Å². The van der Waals surface area contributed by atoms with Gasteiger partial charge in [-0.05, 0) is 30.2 Å². The molecule has 3 rings (SSSR count). The molecule has 0 aliphatic carbocycles. The van der Waals surface area contributed by atoms with Gasteiger partial charge in [0.2, 0.25) is 0 Å². The molecule has 1 aliphatic rings. The largest absolute Gasteiger partial charge is 0.491 e. The smallest absolute Gasteiger partial charge is 0.264 e. The minimum Gasteiger partial charge on any atom is -0.491 e. The molecule has 7 nitrogen and oxygen atoms in total. The average Bonchev–Trinajstić information content (AvgIpc) is 2.67. The number of benzene rings is 2. The van der Waals surface area contributed by atoms with Gasteiger partial charge < -0.3 is 4.74 Å². The number of azide groups is 1. The molecule has 0 fully saturated rings. The molecule has 1 unspecified atom stereocenters. The number of hydrogen-bond acceptors (Lipinski definition) is 4. The number of ether oxygens (including phenoxy) is 1. The first kappa shape index (κ1) is 18.8. The van der Waals surface area contributed by atoms with Crippen molar-refractivity contribution in [2.24, 2.45) is 5.11 Å². The molecule has 0 saturated carbocycles. The molecule has 0 N–H and O–H groups in total. The van der Waals surface area contributed by atoms with Gasteiger partial charge in [0.1, 0.15) is 11.9 Å². The maximum Gasteiger partial charge on any atom is 0.264 e. The fourth-order valence-corrected chi connectivity index (χ4v) is 4.19. The number of rotatable bonds is 6. The molecule has 0 amide bonds. The summed E-state index contributed by atoms with van der Waals surface area (Å²) < 4.78 is 33.2. The summed E-state index contributed by atoms with van der Waals surface area (Å²) in [5.41, 5.74) is 10.6. The number of nitrogens with zero attached hydrogens (tertiary/aromatic N) is 4. The van der Waals surface area contributed by atoms with Gasteiger partial charge >= 0.3 is 0 Å². The van der Waals surface area contributed by atoms with E-state index in [1.165, 1.54) is 10.5 Å². The van der Waals surface area contributed by atoms with E-state index < -0.39 is 16.1 Å². The summed E-state index contributed by atoms with van der Waals surface area (Å²) in [6.07, 6.45) is 1.44. The number of sulfonamides is 1. The van der Waals surface area contributed by atoms with Crippen molar-refractivity contribution in [1.29, 1.82) is 0 Å². The second-order valence-corrected chi connectivity index (χ2v) is 8.19. The van der Waals surface area contributed by atoms with Crippen LogP contribution in [0.25, 0.3) is 10.4 Å². The highest BCUT2D eigenvalue weighted by atomic mass is 32.2. The molecule has 1 atom stereocenters. The van der Waals surface area contributed by atoms with Gasteiger partial charge in [-0.1, -0.05) is 53.1 Å². The van der Waals surface area contributed by atoms with Crippen LogP contribution in [0.15, 0.2) is 76.6 Å². The minimum absolute atomic E-state index is 0.0581. The Hall–Kier alpha value is -2.96. The van der Waals surface area contributed by atoms with Crippen LogP contribution >= 0.6 is 0 Å². The van der Waals surface area contributed by atoms with E-state index in [2.05, 4.69) is 10.0 Å². The highest BCUT2D eigenvalue weighted by Gasteiger charge is 2.30. The quantitative estimate of drug-likeness (QED) is 0.431. The zero-order valence-electron chi connectivity index (χ0n) is 14.9. The Bertz CT molecular complexity index is 966. The van der Waals surface area contributed by atoms with Crippen LogP contribution in [-0.4, -0.2) is 31.9 Å². The highest BCUT2D eigenvalue weighted by molar-refractivity contribution is 7.89. The van der Waals surface area contributed by atoms with E-state index >= 15 is 0 Å². The van der Waals surface area contributed by atoms with Crippen LogP contribution in [-0.2, 0) is 21.2 Å².